The Kier molecular flexibility index (Phi) is 14.8. The molecule has 200 valence electrons. The summed E-state index contributed by atoms with van der Waals surface area (Å²) in [5.74, 6) is 6.23. The fourth-order valence-corrected chi connectivity index (χ4v) is 25.3. The van der Waals surface area contributed by atoms with E-state index in [2.05, 4.69) is 56.0 Å². The SMILES string of the molecule is CCCCC1CCC([Si](C)(C)[Si](C)(C)C2C(C)CC3C(Br)C4CCCC4CC32)C1.[CH3-].[CH3-].[Cl][Zr+2][Cl]. The van der Waals surface area contributed by atoms with Crippen molar-refractivity contribution < 1.29 is 20.8 Å². The first-order valence-corrected chi connectivity index (χ1v) is 28.1. The van der Waals surface area contributed by atoms with Gasteiger partial charge in [-0.2, -0.15) is 0 Å². The van der Waals surface area contributed by atoms with Gasteiger partial charge in [0.1, 0.15) is 0 Å². The maximum absolute atomic E-state index is 4.93. The maximum atomic E-state index is 4.93. The summed E-state index contributed by atoms with van der Waals surface area (Å²) in [7, 11) is 7.42. The summed E-state index contributed by atoms with van der Waals surface area (Å²) in [5, 5.41) is 0. The van der Waals surface area contributed by atoms with Gasteiger partial charge in [0.25, 0.3) is 0 Å². The van der Waals surface area contributed by atoms with E-state index in [0.717, 1.165) is 51.4 Å². The third-order valence-corrected chi connectivity index (χ3v) is 33.5. The molecule has 0 nitrogen and oxygen atoms in total. The third-order valence-electron chi connectivity index (χ3n) is 11.4. The van der Waals surface area contributed by atoms with E-state index in [1.54, 1.807) is 38.5 Å². The molecule has 0 amide bonds. The van der Waals surface area contributed by atoms with E-state index in [4.69, 9.17) is 17.0 Å². The molecular formula is C28H55BrCl2Si2Zr. The van der Waals surface area contributed by atoms with Crippen molar-refractivity contribution in [2.24, 2.45) is 35.5 Å². The van der Waals surface area contributed by atoms with Gasteiger partial charge in [-0.3, -0.25) is 0 Å². The predicted octanol–water partition coefficient (Wildman–Crippen LogP) is 11.3. The molecule has 4 aliphatic rings. The first-order chi connectivity index (χ1) is 15.1. The second-order valence-corrected chi connectivity index (χ2v) is 34.0. The molecule has 4 aliphatic carbocycles. The summed E-state index contributed by atoms with van der Waals surface area (Å²) in [4.78, 5) is 0.848. The molecular weight excluding hydrogens is 635 g/mol. The Morgan fingerprint density at radius 2 is 1.50 bits per heavy atom. The molecule has 0 aromatic heterocycles. The molecule has 4 rings (SSSR count). The molecule has 34 heavy (non-hydrogen) atoms. The van der Waals surface area contributed by atoms with Gasteiger partial charge in [-0.05, 0) is 65.9 Å². The number of unbranched alkanes of at least 4 members (excludes halogenated alkanes) is 1. The van der Waals surface area contributed by atoms with Gasteiger partial charge in [-0.1, -0.05) is 107 Å². The number of rotatable bonds is 6. The van der Waals surface area contributed by atoms with Crippen molar-refractivity contribution in [2.75, 3.05) is 0 Å². The van der Waals surface area contributed by atoms with Crippen molar-refractivity contribution in [1.82, 2.24) is 0 Å². The first kappa shape index (κ1) is 34.4. The molecule has 0 aromatic rings. The molecule has 0 aromatic carbocycles. The second kappa shape index (κ2) is 14.7. The average Bonchev–Trinajstić information content (AvgIpc) is 3.45. The quantitative estimate of drug-likeness (QED) is 0.148. The summed E-state index contributed by atoms with van der Waals surface area (Å²) in [6.07, 6.45) is 16.9. The summed E-state index contributed by atoms with van der Waals surface area (Å²) < 4.78 is 0. The number of hydrogen-bond donors (Lipinski definition) is 0. The van der Waals surface area contributed by atoms with Crippen LogP contribution < -0.4 is 0 Å². The van der Waals surface area contributed by atoms with Gasteiger partial charge in [0, 0.05) is 20.0 Å². The van der Waals surface area contributed by atoms with Crippen LogP contribution in [0.5, 0.6) is 0 Å². The van der Waals surface area contributed by atoms with Crippen LogP contribution in [0.3, 0.4) is 0 Å². The van der Waals surface area contributed by atoms with Crippen molar-refractivity contribution >= 4 is 48.1 Å². The summed E-state index contributed by atoms with van der Waals surface area (Å²) in [6, 6.07) is 0. The van der Waals surface area contributed by atoms with Crippen molar-refractivity contribution in [1.29, 1.82) is 0 Å². The van der Waals surface area contributed by atoms with Crippen molar-refractivity contribution in [2.45, 2.75) is 127 Å². The second-order valence-electron chi connectivity index (χ2n) is 13.1. The van der Waals surface area contributed by atoms with Gasteiger partial charge in [-0.25, -0.2) is 0 Å². The fraction of sp³-hybridized carbons (Fsp3) is 0.929. The summed E-state index contributed by atoms with van der Waals surface area (Å²) in [5.41, 5.74) is 2.25. The van der Waals surface area contributed by atoms with Gasteiger partial charge >= 0.3 is 37.9 Å². The van der Waals surface area contributed by atoms with E-state index in [0.29, 0.717) is 0 Å². The van der Waals surface area contributed by atoms with Crippen LogP contribution in [-0.2, 0) is 20.8 Å². The van der Waals surface area contributed by atoms with Crippen molar-refractivity contribution in [3.05, 3.63) is 14.9 Å². The van der Waals surface area contributed by atoms with Crippen LogP contribution in [0.1, 0.15) is 84.5 Å². The van der Waals surface area contributed by atoms with E-state index < -0.39 is 36.0 Å². The molecule has 9 unspecified atom stereocenters. The molecule has 0 radical (unpaired) electrons. The Bertz CT molecular complexity index is 605. The van der Waals surface area contributed by atoms with E-state index in [-0.39, 0.29) is 14.9 Å². The number of fused-ring (bicyclic) bond motifs is 2. The van der Waals surface area contributed by atoms with Crippen LogP contribution in [0.4, 0.5) is 0 Å². The van der Waals surface area contributed by atoms with Crippen LogP contribution in [-0.4, -0.2) is 20.0 Å². The van der Waals surface area contributed by atoms with Crippen LogP contribution in [0.2, 0.25) is 37.3 Å². The standard InChI is InChI=1S/C26H49BrSi2.2CH3.2ClH.Zr/c1-7-8-10-19-13-14-21(16-19)28(3,4)29(5,6)26-18(2)15-23-24(26)17-20-11-9-12-22(20)25(23)27;;;;;/h18-26H,7-17H2,1-6H3;2*1H3;2*1H;/q;2*-1;;;+4/p-2. The Morgan fingerprint density at radius 3 is 2.12 bits per heavy atom. The van der Waals surface area contributed by atoms with E-state index in [9.17, 15) is 0 Å². The molecule has 0 N–H and O–H groups in total. The van der Waals surface area contributed by atoms with E-state index in [1.165, 1.54) is 32.1 Å². The predicted molar refractivity (Wildman–Crippen MR) is 163 cm³/mol. The zero-order chi connectivity index (χ0) is 23.7. The van der Waals surface area contributed by atoms with Crippen molar-refractivity contribution in [3.8, 4) is 0 Å². The van der Waals surface area contributed by atoms with Gasteiger partial charge in [0.05, 0.1) is 0 Å². The fourth-order valence-electron chi connectivity index (χ4n) is 9.26. The van der Waals surface area contributed by atoms with Crippen LogP contribution in [0.15, 0.2) is 0 Å². The summed E-state index contributed by atoms with van der Waals surface area (Å²) >= 11 is 3.47. The van der Waals surface area contributed by atoms with Gasteiger partial charge in [0.2, 0.25) is 0 Å². The first-order valence-electron chi connectivity index (χ1n) is 13.7. The zero-order valence-electron chi connectivity index (χ0n) is 23.6. The average molecular weight is 690 g/mol. The molecule has 0 saturated heterocycles. The number of alkyl halides is 1. The van der Waals surface area contributed by atoms with Crippen molar-refractivity contribution in [3.63, 3.8) is 0 Å². The Labute approximate surface area is 243 Å². The van der Waals surface area contributed by atoms with Crippen LogP contribution in [0, 0.1) is 50.4 Å². The molecule has 0 spiro atoms. The van der Waals surface area contributed by atoms with E-state index >= 15 is 0 Å². The molecule has 0 heterocycles. The Balaban J connectivity index is 0.00000110. The van der Waals surface area contributed by atoms with Crippen LogP contribution in [0.25, 0.3) is 0 Å². The molecule has 4 saturated carbocycles. The number of halogens is 3. The zero-order valence-corrected chi connectivity index (χ0v) is 31.2. The molecule has 0 bridgehead atoms. The van der Waals surface area contributed by atoms with Crippen LogP contribution >= 0.6 is 33.0 Å². The summed E-state index contributed by atoms with van der Waals surface area (Å²) in [6.45, 7) is 16.6. The molecule has 0 aliphatic heterocycles. The van der Waals surface area contributed by atoms with Gasteiger partial charge in [0.15, 0.2) is 0 Å². The minimum atomic E-state index is -1.25. The van der Waals surface area contributed by atoms with Gasteiger partial charge < -0.3 is 14.9 Å². The Morgan fingerprint density at radius 1 is 0.853 bits per heavy atom. The normalized spacial score (nSPS) is 39.0. The minimum absolute atomic E-state index is 0. The third kappa shape index (κ3) is 6.92. The monoisotopic (exact) mass is 686 g/mol. The Hall–Kier alpha value is 2.38. The molecule has 4 fully saturated rings. The molecule has 9 atom stereocenters. The van der Waals surface area contributed by atoms with Gasteiger partial charge in [-0.15, -0.1) is 0 Å². The van der Waals surface area contributed by atoms with E-state index in [1.807, 2.05) is 0 Å². The molecule has 6 heteroatoms. The topological polar surface area (TPSA) is 0 Å². The number of hydrogen-bond acceptors (Lipinski definition) is 0.